The monoisotopic (exact) mass is 267 g/mol. The van der Waals surface area contributed by atoms with Gasteiger partial charge in [0.15, 0.2) is 5.78 Å². The zero-order chi connectivity index (χ0) is 14.5. The number of benzene rings is 2. The lowest BCUT2D eigenvalue weighted by Crippen LogP contribution is -2.01. The number of hydrogen-bond acceptors (Lipinski definition) is 3. The third-order valence-electron chi connectivity index (χ3n) is 2.76. The lowest BCUT2D eigenvalue weighted by Gasteiger charge is -2.02. The van der Waals surface area contributed by atoms with Crippen molar-refractivity contribution in [2.75, 3.05) is 5.73 Å². The van der Waals surface area contributed by atoms with Crippen LogP contribution in [0.15, 0.2) is 54.6 Å². The minimum atomic E-state index is -1.01. The minimum Gasteiger partial charge on any atom is -0.478 e. The number of hydrogen-bond donors (Lipinski definition) is 2. The summed E-state index contributed by atoms with van der Waals surface area (Å²) in [7, 11) is 0. The molecular weight excluding hydrogens is 254 g/mol. The molecule has 0 aliphatic carbocycles. The molecule has 2 aromatic carbocycles. The topological polar surface area (TPSA) is 80.4 Å². The molecule has 2 rings (SSSR count). The van der Waals surface area contributed by atoms with Gasteiger partial charge in [-0.15, -0.1) is 0 Å². The van der Waals surface area contributed by atoms with Gasteiger partial charge in [0.1, 0.15) is 0 Å². The van der Waals surface area contributed by atoms with Crippen LogP contribution in [-0.4, -0.2) is 16.9 Å². The van der Waals surface area contributed by atoms with Gasteiger partial charge >= 0.3 is 5.97 Å². The van der Waals surface area contributed by atoms with Gasteiger partial charge in [-0.2, -0.15) is 0 Å². The van der Waals surface area contributed by atoms with Crippen LogP contribution in [0.2, 0.25) is 0 Å². The van der Waals surface area contributed by atoms with Crippen LogP contribution in [0.25, 0.3) is 6.08 Å². The van der Waals surface area contributed by atoms with Crippen molar-refractivity contribution in [2.45, 2.75) is 0 Å². The van der Waals surface area contributed by atoms with E-state index in [1.807, 2.05) is 0 Å². The van der Waals surface area contributed by atoms with E-state index in [-0.39, 0.29) is 5.78 Å². The van der Waals surface area contributed by atoms with Gasteiger partial charge in [0.05, 0.1) is 0 Å². The Morgan fingerprint density at radius 1 is 0.900 bits per heavy atom. The Balaban J connectivity index is 2.19. The quantitative estimate of drug-likeness (QED) is 0.507. The van der Waals surface area contributed by atoms with Crippen LogP contribution in [0, 0.1) is 0 Å². The molecule has 0 heterocycles. The first-order valence-electron chi connectivity index (χ1n) is 5.97. The van der Waals surface area contributed by atoms with E-state index in [0.29, 0.717) is 16.8 Å². The first kappa shape index (κ1) is 13.5. The van der Waals surface area contributed by atoms with Gasteiger partial charge in [-0.25, -0.2) is 4.79 Å². The van der Waals surface area contributed by atoms with Crippen LogP contribution in [0.3, 0.4) is 0 Å². The first-order valence-corrected chi connectivity index (χ1v) is 5.97. The van der Waals surface area contributed by atoms with Gasteiger partial charge in [0, 0.05) is 22.9 Å². The Morgan fingerprint density at radius 2 is 1.40 bits per heavy atom. The van der Waals surface area contributed by atoms with E-state index >= 15 is 0 Å². The zero-order valence-corrected chi connectivity index (χ0v) is 10.6. The lowest BCUT2D eigenvalue weighted by atomic mass is 10.0. The number of carbonyl (C=O) groups excluding carboxylic acids is 1. The van der Waals surface area contributed by atoms with E-state index in [0.717, 1.165) is 11.6 Å². The number of ketones is 1. The van der Waals surface area contributed by atoms with Crippen LogP contribution in [0.1, 0.15) is 21.5 Å². The third-order valence-corrected chi connectivity index (χ3v) is 2.76. The number of rotatable bonds is 4. The fraction of sp³-hybridized carbons (Fsp3) is 0. The number of anilines is 1. The highest BCUT2D eigenvalue weighted by Crippen LogP contribution is 2.13. The molecule has 100 valence electrons. The number of nitrogen functional groups attached to an aromatic ring is 1. The maximum atomic E-state index is 12.2. The van der Waals surface area contributed by atoms with Gasteiger partial charge in [-0.05, 0) is 35.9 Å². The average Bonchev–Trinajstić information content (AvgIpc) is 2.46. The summed E-state index contributed by atoms with van der Waals surface area (Å²) in [4.78, 5) is 22.6. The third kappa shape index (κ3) is 3.32. The Kier molecular flexibility index (Phi) is 3.96. The molecule has 0 bridgehead atoms. The fourth-order valence-corrected chi connectivity index (χ4v) is 1.71. The van der Waals surface area contributed by atoms with E-state index in [2.05, 4.69) is 0 Å². The summed E-state index contributed by atoms with van der Waals surface area (Å²) < 4.78 is 0. The van der Waals surface area contributed by atoms with Crippen molar-refractivity contribution in [3.63, 3.8) is 0 Å². The molecule has 0 aromatic heterocycles. The average molecular weight is 267 g/mol. The van der Waals surface area contributed by atoms with Crippen molar-refractivity contribution in [2.24, 2.45) is 0 Å². The standard InChI is InChI=1S/C16H13NO3/c17-14-8-6-13(7-9-14)16(20)12-4-1-11(2-5-12)3-10-15(18)19/h1-10H,17H2,(H,18,19). The predicted octanol–water partition coefficient (Wildman–Crippen LogP) is 2.60. The molecule has 20 heavy (non-hydrogen) atoms. The fourth-order valence-electron chi connectivity index (χ4n) is 1.71. The summed E-state index contributed by atoms with van der Waals surface area (Å²) >= 11 is 0. The van der Waals surface area contributed by atoms with Crippen LogP contribution in [0.4, 0.5) is 5.69 Å². The molecule has 0 unspecified atom stereocenters. The van der Waals surface area contributed by atoms with Crippen LogP contribution in [-0.2, 0) is 4.79 Å². The number of nitrogens with two attached hydrogens (primary N) is 1. The zero-order valence-electron chi connectivity index (χ0n) is 10.6. The van der Waals surface area contributed by atoms with Gasteiger partial charge in [-0.1, -0.05) is 24.3 Å². The molecule has 0 aliphatic heterocycles. The molecule has 0 aliphatic rings. The van der Waals surface area contributed by atoms with Crippen molar-refractivity contribution in [3.05, 3.63) is 71.3 Å². The van der Waals surface area contributed by atoms with Gasteiger partial charge in [0.2, 0.25) is 0 Å². The highest BCUT2D eigenvalue weighted by Gasteiger charge is 2.08. The Labute approximate surface area is 116 Å². The number of carboxylic acids is 1. The Morgan fingerprint density at radius 3 is 1.90 bits per heavy atom. The number of carbonyl (C=O) groups is 2. The summed E-state index contributed by atoms with van der Waals surface area (Å²) in [5.41, 5.74) is 8.01. The Bertz CT molecular complexity index is 655. The molecule has 2 aromatic rings. The van der Waals surface area contributed by atoms with Gasteiger partial charge in [-0.3, -0.25) is 4.79 Å². The maximum Gasteiger partial charge on any atom is 0.328 e. The molecule has 4 nitrogen and oxygen atoms in total. The maximum absolute atomic E-state index is 12.2. The SMILES string of the molecule is Nc1ccc(C(=O)c2ccc(C=CC(=O)O)cc2)cc1. The molecule has 0 radical (unpaired) electrons. The van der Waals surface area contributed by atoms with Crippen molar-refractivity contribution in [3.8, 4) is 0 Å². The van der Waals surface area contributed by atoms with Gasteiger partial charge < -0.3 is 10.8 Å². The summed E-state index contributed by atoms with van der Waals surface area (Å²) in [5.74, 6) is -1.11. The van der Waals surface area contributed by atoms with E-state index in [1.54, 1.807) is 48.5 Å². The summed E-state index contributed by atoms with van der Waals surface area (Å²) in [5, 5.41) is 8.54. The smallest absolute Gasteiger partial charge is 0.328 e. The van der Waals surface area contributed by atoms with E-state index in [9.17, 15) is 9.59 Å². The summed E-state index contributed by atoms with van der Waals surface area (Å²) in [6.07, 6.45) is 2.52. The largest absolute Gasteiger partial charge is 0.478 e. The minimum absolute atomic E-state index is 0.0984. The molecule has 0 saturated carbocycles. The van der Waals surface area contributed by atoms with Crippen LogP contribution in [0.5, 0.6) is 0 Å². The molecule has 0 spiro atoms. The molecule has 0 atom stereocenters. The normalized spacial score (nSPS) is 10.6. The van der Waals surface area contributed by atoms with E-state index in [1.165, 1.54) is 6.08 Å². The summed E-state index contributed by atoms with van der Waals surface area (Å²) in [6.45, 7) is 0. The van der Waals surface area contributed by atoms with E-state index in [4.69, 9.17) is 10.8 Å². The first-order chi connectivity index (χ1) is 9.56. The molecule has 0 amide bonds. The second kappa shape index (κ2) is 5.84. The summed E-state index contributed by atoms with van der Waals surface area (Å²) in [6, 6.07) is 13.4. The molecular formula is C16H13NO3. The number of carboxylic acid groups (broad SMARTS) is 1. The van der Waals surface area contributed by atoms with Crippen molar-refractivity contribution in [1.82, 2.24) is 0 Å². The highest BCUT2D eigenvalue weighted by molar-refractivity contribution is 6.09. The lowest BCUT2D eigenvalue weighted by molar-refractivity contribution is -0.131. The van der Waals surface area contributed by atoms with Crippen molar-refractivity contribution in [1.29, 1.82) is 0 Å². The molecule has 3 N–H and O–H groups in total. The molecule has 0 fully saturated rings. The molecule has 0 saturated heterocycles. The van der Waals surface area contributed by atoms with E-state index < -0.39 is 5.97 Å². The highest BCUT2D eigenvalue weighted by atomic mass is 16.4. The van der Waals surface area contributed by atoms with Crippen LogP contribution < -0.4 is 5.73 Å². The van der Waals surface area contributed by atoms with Crippen LogP contribution >= 0.6 is 0 Å². The second-order valence-electron chi connectivity index (χ2n) is 4.24. The van der Waals surface area contributed by atoms with Crippen molar-refractivity contribution < 1.29 is 14.7 Å². The second-order valence-corrected chi connectivity index (χ2v) is 4.24. The van der Waals surface area contributed by atoms with Crippen molar-refractivity contribution >= 4 is 23.5 Å². The molecule has 4 heteroatoms. The Hall–Kier alpha value is -2.88. The van der Waals surface area contributed by atoms with Gasteiger partial charge in [0.25, 0.3) is 0 Å². The predicted molar refractivity (Wildman–Crippen MR) is 77.4 cm³/mol. The number of aliphatic carboxylic acids is 1.